The van der Waals surface area contributed by atoms with Crippen molar-refractivity contribution in [3.8, 4) is 5.75 Å². The third-order valence-electron chi connectivity index (χ3n) is 5.70. The van der Waals surface area contributed by atoms with Crippen LogP contribution in [0.4, 0.5) is 11.4 Å². The number of benzene rings is 4. The average molecular weight is 481 g/mol. The predicted molar refractivity (Wildman–Crippen MR) is 142 cm³/mol. The zero-order valence-electron chi connectivity index (χ0n) is 20.2. The first-order valence-electron chi connectivity index (χ1n) is 11.7. The van der Waals surface area contributed by atoms with Gasteiger partial charge in [-0.3, -0.25) is 4.79 Å². The summed E-state index contributed by atoms with van der Waals surface area (Å²) >= 11 is 0. The number of ether oxygens (including phenoxy) is 2. The number of nitrogens with one attached hydrogen (secondary N) is 2. The van der Waals surface area contributed by atoms with E-state index in [1.807, 2.05) is 67.6 Å². The van der Waals surface area contributed by atoms with E-state index in [-0.39, 0.29) is 11.9 Å². The molecule has 36 heavy (non-hydrogen) atoms. The predicted octanol–water partition coefficient (Wildman–Crippen LogP) is 6.35. The Morgan fingerprint density at radius 2 is 1.33 bits per heavy atom. The first-order chi connectivity index (χ1) is 17.5. The van der Waals surface area contributed by atoms with Gasteiger partial charge in [-0.05, 0) is 48.9 Å². The molecule has 2 N–H and O–H groups in total. The first-order valence-corrected chi connectivity index (χ1v) is 11.7. The van der Waals surface area contributed by atoms with Crippen LogP contribution in [0.15, 0.2) is 109 Å². The fourth-order valence-electron chi connectivity index (χ4n) is 3.86. The maximum absolute atomic E-state index is 12.9. The van der Waals surface area contributed by atoms with Crippen LogP contribution in [0.25, 0.3) is 0 Å². The average Bonchev–Trinajstić information content (AvgIpc) is 2.93. The summed E-state index contributed by atoms with van der Waals surface area (Å²) in [6.45, 7) is 1.94. The summed E-state index contributed by atoms with van der Waals surface area (Å²) in [4.78, 5) is 25.4. The van der Waals surface area contributed by atoms with Crippen molar-refractivity contribution in [3.05, 3.63) is 126 Å². The van der Waals surface area contributed by atoms with Gasteiger partial charge >= 0.3 is 5.97 Å². The molecule has 0 fully saturated rings. The van der Waals surface area contributed by atoms with Gasteiger partial charge in [0.2, 0.25) is 0 Å². The largest absolute Gasteiger partial charge is 0.495 e. The molecule has 0 aliphatic rings. The van der Waals surface area contributed by atoms with Crippen molar-refractivity contribution < 1.29 is 19.1 Å². The molecule has 4 rings (SSSR count). The number of rotatable bonds is 9. The third-order valence-corrected chi connectivity index (χ3v) is 5.70. The molecule has 0 spiro atoms. The fraction of sp³-hybridized carbons (Fsp3) is 0.133. The summed E-state index contributed by atoms with van der Waals surface area (Å²) in [5, 5.41) is 6.30. The number of hydrogen-bond acceptors (Lipinski definition) is 5. The van der Waals surface area contributed by atoms with E-state index in [2.05, 4.69) is 10.6 Å². The molecule has 6 heteroatoms. The number of anilines is 2. The number of carbonyl (C=O) groups excluding carboxylic acids is 2. The van der Waals surface area contributed by atoms with Crippen LogP contribution in [-0.4, -0.2) is 25.0 Å². The molecule has 0 unspecified atom stereocenters. The fourth-order valence-corrected chi connectivity index (χ4v) is 3.86. The normalized spacial score (nSPS) is 12.2. The second-order valence-electron chi connectivity index (χ2n) is 8.27. The second-order valence-corrected chi connectivity index (χ2v) is 8.27. The highest BCUT2D eigenvalue weighted by atomic mass is 16.5. The van der Waals surface area contributed by atoms with Crippen LogP contribution in [0.1, 0.15) is 39.3 Å². The van der Waals surface area contributed by atoms with Crippen LogP contribution in [0.3, 0.4) is 0 Å². The van der Waals surface area contributed by atoms with Gasteiger partial charge in [0.25, 0.3) is 5.91 Å². The van der Waals surface area contributed by atoms with E-state index < -0.39 is 12.1 Å². The summed E-state index contributed by atoms with van der Waals surface area (Å²) < 4.78 is 11.5. The number of methoxy groups -OCH3 is 1. The van der Waals surface area contributed by atoms with Crippen molar-refractivity contribution in [2.75, 3.05) is 17.7 Å². The van der Waals surface area contributed by atoms with Gasteiger partial charge in [0, 0.05) is 17.3 Å². The van der Waals surface area contributed by atoms with Crippen molar-refractivity contribution in [2.45, 2.75) is 19.1 Å². The summed E-state index contributed by atoms with van der Waals surface area (Å²) in [5.41, 5.74) is 3.24. The zero-order chi connectivity index (χ0) is 25.3. The Balaban J connectivity index is 1.52. The molecule has 4 aromatic rings. The molecular weight excluding hydrogens is 452 g/mol. The summed E-state index contributed by atoms with van der Waals surface area (Å²) in [5.74, 6) is -0.0540. The molecule has 0 aliphatic heterocycles. The monoisotopic (exact) mass is 480 g/mol. The lowest BCUT2D eigenvalue weighted by atomic mass is 10.0. The van der Waals surface area contributed by atoms with Gasteiger partial charge in [-0.25, -0.2) is 4.79 Å². The van der Waals surface area contributed by atoms with Crippen LogP contribution < -0.4 is 15.4 Å². The Bertz CT molecular complexity index is 1290. The summed E-state index contributed by atoms with van der Waals surface area (Å²) in [6, 6.07) is 32.6. The molecule has 4 aromatic carbocycles. The van der Waals surface area contributed by atoms with E-state index in [4.69, 9.17) is 9.47 Å². The topological polar surface area (TPSA) is 76.7 Å². The van der Waals surface area contributed by atoms with Gasteiger partial charge in [-0.1, -0.05) is 66.7 Å². The van der Waals surface area contributed by atoms with Crippen LogP contribution in [0.5, 0.6) is 5.75 Å². The molecule has 6 nitrogen and oxygen atoms in total. The maximum Gasteiger partial charge on any atom is 0.338 e. The standard InChI is InChI=1S/C30H28N2O4/c1-21(28(22-12-6-3-7-13-22)36-30(34)24-16-10-5-11-17-24)31-26-19-18-25(20-27(26)35-2)32-29(33)23-14-8-4-9-15-23/h3-21,28,31H,1-2H3,(H,32,33)/t21-,28+/m1/s1. The Morgan fingerprint density at radius 1 is 0.750 bits per heavy atom. The van der Waals surface area contributed by atoms with Crippen LogP contribution in [-0.2, 0) is 4.74 Å². The highest BCUT2D eigenvalue weighted by Crippen LogP contribution is 2.32. The molecule has 182 valence electrons. The highest BCUT2D eigenvalue weighted by molar-refractivity contribution is 6.04. The second kappa shape index (κ2) is 11.7. The lowest BCUT2D eigenvalue weighted by Gasteiger charge is -2.27. The van der Waals surface area contributed by atoms with Gasteiger partial charge < -0.3 is 20.1 Å². The van der Waals surface area contributed by atoms with E-state index >= 15 is 0 Å². The minimum absolute atomic E-state index is 0.205. The smallest absolute Gasteiger partial charge is 0.338 e. The Labute approximate surface area is 210 Å². The molecule has 0 saturated heterocycles. The molecule has 0 saturated carbocycles. The molecule has 2 atom stereocenters. The van der Waals surface area contributed by atoms with Gasteiger partial charge in [-0.15, -0.1) is 0 Å². The number of hydrogen-bond donors (Lipinski definition) is 2. The SMILES string of the molecule is COc1cc(NC(=O)c2ccccc2)ccc1N[C@H](C)[C@H](OC(=O)c1ccccc1)c1ccccc1. The van der Waals surface area contributed by atoms with Gasteiger partial charge in [-0.2, -0.15) is 0 Å². The van der Waals surface area contributed by atoms with Crippen molar-refractivity contribution >= 4 is 23.3 Å². The Morgan fingerprint density at radius 3 is 1.94 bits per heavy atom. The number of esters is 1. The van der Waals surface area contributed by atoms with E-state index in [0.717, 1.165) is 5.56 Å². The summed E-state index contributed by atoms with van der Waals surface area (Å²) in [7, 11) is 1.57. The van der Waals surface area contributed by atoms with E-state index in [0.29, 0.717) is 28.3 Å². The molecule has 0 aliphatic carbocycles. The van der Waals surface area contributed by atoms with Crippen LogP contribution in [0, 0.1) is 0 Å². The van der Waals surface area contributed by atoms with Crippen molar-refractivity contribution in [1.82, 2.24) is 0 Å². The molecule has 0 aromatic heterocycles. The molecule has 1 amide bonds. The minimum Gasteiger partial charge on any atom is -0.495 e. The molecule has 0 radical (unpaired) electrons. The van der Waals surface area contributed by atoms with Crippen molar-refractivity contribution in [1.29, 1.82) is 0 Å². The number of carbonyl (C=O) groups is 2. The Kier molecular flexibility index (Phi) is 7.98. The molecule has 0 heterocycles. The quantitative estimate of drug-likeness (QED) is 0.273. The van der Waals surface area contributed by atoms with Gasteiger partial charge in [0.1, 0.15) is 11.9 Å². The van der Waals surface area contributed by atoms with Crippen LogP contribution >= 0.6 is 0 Å². The van der Waals surface area contributed by atoms with Crippen molar-refractivity contribution in [2.24, 2.45) is 0 Å². The van der Waals surface area contributed by atoms with Crippen LogP contribution in [0.2, 0.25) is 0 Å². The minimum atomic E-state index is -0.555. The maximum atomic E-state index is 12.9. The van der Waals surface area contributed by atoms with Crippen molar-refractivity contribution in [3.63, 3.8) is 0 Å². The van der Waals surface area contributed by atoms with E-state index in [1.165, 1.54) is 0 Å². The lowest BCUT2D eigenvalue weighted by molar-refractivity contribution is 0.0262. The van der Waals surface area contributed by atoms with Gasteiger partial charge in [0.05, 0.1) is 24.4 Å². The van der Waals surface area contributed by atoms with E-state index in [9.17, 15) is 9.59 Å². The lowest BCUT2D eigenvalue weighted by Crippen LogP contribution is -2.28. The highest BCUT2D eigenvalue weighted by Gasteiger charge is 2.25. The van der Waals surface area contributed by atoms with Gasteiger partial charge in [0.15, 0.2) is 0 Å². The first kappa shape index (κ1) is 24.5. The zero-order valence-corrected chi connectivity index (χ0v) is 20.2. The summed E-state index contributed by atoms with van der Waals surface area (Å²) in [6.07, 6.45) is -0.555. The number of amides is 1. The Hall–Kier alpha value is -4.58. The molecular formula is C30H28N2O4. The molecule has 0 bridgehead atoms. The third kappa shape index (κ3) is 6.10. The van der Waals surface area contributed by atoms with E-state index in [1.54, 1.807) is 55.6 Å².